The highest BCUT2D eigenvalue weighted by atomic mass is 32.1. The fourth-order valence-corrected chi connectivity index (χ4v) is 2.77. The summed E-state index contributed by atoms with van der Waals surface area (Å²) in [5, 5.41) is 6.18. The van der Waals surface area contributed by atoms with Crippen LogP contribution in [0.5, 0.6) is 5.75 Å². The standard InChI is InChI=1S/C16H19N3O4S/c1-9-13(15(17-3)24-19-9)16(21)23-10(2)14(20)18-11-7-5-6-8-12(11)22-4/h5-8,10,17H,1-4H3,(H,18,20)/t10-/m1/s1. The van der Waals surface area contributed by atoms with Gasteiger partial charge in [0.2, 0.25) is 0 Å². The van der Waals surface area contributed by atoms with E-state index in [-0.39, 0.29) is 0 Å². The lowest BCUT2D eigenvalue weighted by atomic mass is 10.2. The van der Waals surface area contributed by atoms with Gasteiger partial charge in [-0.3, -0.25) is 4.79 Å². The van der Waals surface area contributed by atoms with Crippen molar-refractivity contribution < 1.29 is 19.1 Å². The Labute approximate surface area is 144 Å². The summed E-state index contributed by atoms with van der Waals surface area (Å²) in [6, 6.07) is 7.00. The summed E-state index contributed by atoms with van der Waals surface area (Å²) in [5.41, 5.74) is 1.42. The zero-order chi connectivity index (χ0) is 17.7. The van der Waals surface area contributed by atoms with Crippen molar-refractivity contribution in [2.45, 2.75) is 20.0 Å². The number of rotatable bonds is 6. The molecule has 1 heterocycles. The van der Waals surface area contributed by atoms with Crippen molar-refractivity contribution in [1.29, 1.82) is 0 Å². The third-order valence-corrected chi connectivity index (χ3v) is 4.27. The second-order valence-electron chi connectivity index (χ2n) is 4.96. The molecule has 0 spiro atoms. The molecule has 128 valence electrons. The second kappa shape index (κ2) is 7.78. The fraction of sp³-hybridized carbons (Fsp3) is 0.312. The summed E-state index contributed by atoms with van der Waals surface area (Å²) in [7, 11) is 3.21. The Morgan fingerprint density at radius 3 is 2.67 bits per heavy atom. The highest BCUT2D eigenvalue weighted by Crippen LogP contribution is 2.26. The number of ether oxygens (including phenoxy) is 2. The van der Waals surface area contributed by atoms with Crippen LogP contribution in [-0.2, 0) is 9.53 Å². The number of aryl methyl sites for hydroxylation is 1. The lowest BCUT2D eigenvalue weighted by Crippen LogP contribution is -2.30. The lowest BCUT2D eigenvalue weighted by molar-refractivity contribution is -0.123. The molecule has 1 atom stereocenters. The first kappa shape index (κ1) is 17.7. The molecule has 0 unspecified atom stereocenters. The number of anilines is 2. The number of esters is 1. The Morgan fingerprint density at radius 1 is 1.29 bits per heavy atom. The first-order valence-corrected chi connectivity index (χ1v) is 8.04. The number of carbonyl (C=O) groups is 2. The number of nitrogens with zero attached hydrogens (tertiary/aromatic N) is 1. The van der Waals surface area contributed by atoms with E-state index in [1.54, 1.807) is 38.2 Å². The van der Waals surface area contributed by atoms with Gasteiger partial charge in [-0.2, -0.15) is 4.37 Å². The number of hydrogen-bond acceptors (Lipinski definition) is 7. The molecule has 0 saturated carbocycles. The number of carbonyl (C=O) groups excluding carboxylic acids is 2. The molecule has 7 nitrogen and oxygen atoms in total. The molecule has 0 radical (unpaired) electrons. The molecule has 0 bridgehead atoms. The van der Waals surface area contributed by atoms with E-state index in [0.29, 0.717) is 27.7 Å². The molecule has 0 fully saturated rings. The summed E-state index contributed by atoms with van der Waals surface area (Å²) >= 11 is 1.17. The zero-order valence-electron chi connectivity index (χ0n) is 13.9. The zero-order valence-corrected chi connectivity index (χ0v) is 14.7. The molecule has 1 aromatic heterocycles. The van der Waals surface area contributed by atoms with Crippen molar-refractivity contribution >= 4 is 34.1 Å². The van der Waals surface area contributed by atoms with E-state index in [0.717, 1.165) is 0 Å². The van der Waals surface area contributed by atoms with Gasteiger partial charge in [0.1, 0.15) is 16.3 Å². The Balaban J connectivity index is 2.06. The Morgan fingerprint density at radius 2 is 2.00 bits per heavy atom. The molecule has 0 aliphatic carbocycles. The van der Waals surface area contributed by atoms with Crippen LogP contribution >= 0.6 is 11.5 Å². The van der Waals surface area contributed by atoms with Crippen LogP contribution in [0.2, 0.25) is 0 Å². The number of nitrogens with one attached hydrogen (secondary N) is 2. The van der Waals surface area contributed by atoms with E-state index in [9.17, 15) is 9.59 Å². The Kier molecular flexibility index (Phi) is 5.75. The van der Waals surface area contributed by atoms with E-state index in [2.05, 4.69) is 15.0 Å². The van der Waals surface area contributed by atoms with Gasteiger partial charge in [-0.15, -0.1) is 0 Å². The van der Waals surface area contributed by atoms with Gasteiger partial charge >= 0.3 is 5.97 Å². The Bertz CT molecular complexity index is 745. The normalized spacial score (nSPS) is 11.5. The Hall–Kier alpha value is -2.61. The number of hydrogen-bond donors (Lipinski definition) is 2. The van der Waals surface area contributed by atoms with Gasteiger partial charge in [0, 0.05) is 7.05 Å². The lowest BCUT2D eigenvalue weighted by Gasteiger charge is -2.15. The smallest absolute Gasteiger partial charge is 0.343 e. The van der Waals surface area contributed by atoms with Crippen LogP contribution in [0.15, 0.2) is 24.3 Å². The maximum absolute atomic E-state index is 12.3. The monoisotopic (exact) mass is 349 g/mol. The molecular weight excluding hydrogens is 330 g/mol. The maximum Gasteiger partial charge on any atom is 0.343 e. The number of aromatic nitrogens is 1. The predicted octanol–water partition coefficient (Wildman–Crippen LogP) is 2.69. The summed E-state index contributed by atoms with van der Waals surface area (Å²) in [5.74, 6) is -0.507. The van der Waals surface area contributed by atoms with Crippen molar-refractivity contribution in [2.75, 3.05) is 24.8 Å². The highest BCUT2D eigenvalue weighted by Gasteiger charge is 2.24. The first-order valence-electron chi connectivity index (χ1n) is 7.26. The SMILES string of the molecule is CNc1snc(C)c1C(=O)O[C@H](C)C(=O)Nc1ccccc1OC. The number of amides is 1. The summed E-state index contributed by atoms with van der Waals surface area (Å²) < 4.78 is 14.5. The topological polar surface area (TPSA) is 89.5 Å². The molecule has 8 heteroatoms. The molecule has 0 aliphatic heterocycles. The van der Waals surface area contributed by atoms with Crippen LogP contribution in [0.3, 0.4) is 0 Å². The quantitative estimate of drug-likeness (QED) is 0.780. The second-order valence-corrected chi connectivity index (χ2v) is 5.73. The van der Waals surface area contributed by atoms with Crippen molar-refractivity contribution in [3.63, 3.8) is 0 Å². The average molecular weight is 349 g/mol. The van der Waals surface area contributed by atoms with Crippen molar-refractivity contribution in [2.24, 2.45) is 0 Å². The minimum absolute atomic E-state index is 0.347. The van der Waals surface area contributed by atoms with Gasteiger partial charge < -0.3 is 20.1 Å². The van der Waals surface area contributed by atoms with Gasteiger partial charge in [-0.25, -0.2) is 4.79 Å². The van der Waals surface area contributed by atoms with Crippen LogP contribution in [0.1, 0.15) is 23.0 Å². The van der Waals surface area contributed by atoms with Crippen molar-refractivity contribution in [3.8, 4) is 5.75 Å². The highest BCUT2D eigenvalue weighted by molar-refractivity contribution is 7.10. The van der Waals surface area contributed by atoms with E-state index < -0.39 is 18.0 Å². The van der Waals surface area contributed by atoms with Crippen LogP contribution in [0.4, 0.5) is 10.7 Å². The van der Waals surface area contributed by atoms with Gasteiger partial charge in [0.05, 0.1) is 18.5 Å². The van der Waals surface area contributed by atoms with Gasteiger partial charge in [-0.05, 0) is 37.5 Å². The van der Waals surface area contributed by atoms with Crippen LogP contribution < -0.4 is 15.4 Å². The third-order valence-electron chi connectivity index (χ3n) is 3.31. The molecule has 2 aromatic rings. The number of para-hydroxylation sites is 2. The summed E-state index contributed by atoms with van der Waals surface area (Å²) in [6.45, 7) is 3.23. The largest absolute Gasteiger partial charge is 0.495 e. The number of benzene rings is 1. The minimum Gasteiger partial charge on any atom is -0.495 e. The van der Waals surface area contributed by atoms with E-state index in [4.69, 9.17) is 9.47 Å². The molecule has 24 heavy (non-hydrogen) atoms. The maximum atomic E-state index is 12.3. The minimum atomic E-state index is -0.966. The molecule has 1 amide bonds. The summed E-state index contributed by atoms with van der Waals surface area (Å²) in [4.78, 5) is 24.5. The summed E-state index contributed by atoms with van der Waals surface area (Å²) in [6.07, 6.45) is -0.966. The van der Waals surface area contributed by atoms with Crippen molar-refractivity contribution in [3.05, 3.63) is 35.5 Å². The van der Waals surface area contributed by atoms with Crippen LogP contribution in [0.25, 0.3) is 0 Å². The molecule has 2 rings (SSSR count). The first-order chi connectivity index (χ1) is 11.5. The third kappa shape index (κ3) is 3.83. The van der Waals surface area contributed by atoms with Gasteiger partial charge in [0.25, 0.3) is 5.91 Å². The molecule has 0 aliphatic rings. The predicted molar refractivity (Wildman–Crippen MR) is 92.9 cm³/mol. The van der Waals surface area contributed by atoms with Gasteiger partial charge in [0.15, 0.2) is 6.10 Å². The van der Waals surface area contributed by atoms with Crippen LogP contribution in [-0.4, -0.2) is 36.5 Å². The molecular formula is C16H19N3O4S. The van der Waals surface area contributed by atoms with E-state index >= 15 is 0 Å². The van der Waals surface area contributed by atoms with Crippen LogP contribution in [0, 0.1) is 6.92 Å². The van der Waals surface area contributed by atoms with E-state index in [1.807, 2.05) is 0 Å². The number of methoxy groups -OCH3 is 1. The molecule has 0 saturated heterocycles. The van der Waals surface area contributed by atoms with Crippen molar-refractivity contribution in [1.82, 2.24) is 4.37 Å². The van der Waals surface area contributed by atoms with Gasteiger partial charge in [-0.1, -0.05) is 12.1 Å². The van der Waals surface area contributed by atoms with E-state index in [1.165, 1.54) is 25.6 Å². The molecule has 2 N–H and O–H groups in total. The average Bonchev–Trinajstić information content (AvgIpc) is 2.96. The molecule has 1 aromatic carbocycles. The fourth-order valence-electron chi connectivity index (χ4n) is 2.04.